The van der Waals surface area contributed by atoms with Crippen LogP contribution in [0.3, 0.4) is 0 Å². The van der Waals surface area contributed by atoms with Gasteiger partial charge in [0.2, 0.25) is 3.79 Å². The Labute approximate surface area is 137 Å². The summed E-state index contributed by atoms with van der Waals surface area (Å²) in [5.74, 6) is 0. The topological polar surface area (TPSA) is 73.9 Å². The fraction of sp³-hybridized carbons (Fsp3) is 0.429. The average Bonchev–Trinajstić information content (AvgIpc) is 2.48. The third-order valence-corrected chi connectivity index (χ3v) is 2.63. The molecule has 1 N–H and O–H groups in total. The van der Waals surface area contributed by atoms with Gasteiger partial charge in [0.25, 0.3) is 0 Å². The molecule has 116 valence electrons. The lowest BCUT2D eigenvalue weighted by Crippen LogP contribution is -2.28. The third kappa shape index (κ3) is 10.2. The number of carbonyl (C=O) groups is 2. The maximum absolute atomic E-state index is 11.4. The van der Waals surface area contributed by atoms with Gasteiger partial charge in [-0.2, -0.15) is 0 Å². The fourth-order valence-electron chi connectivity index (χ4n) is 1.37. The Morgan fingerprint density at radius 3 is 2.48 bits per heavy atom. The Morgan fingerprint density at radius 2 is 1.76 bits per heavy atom. The van der Waals surface area contributed by atoms with E-state index in [1.165, 1.54) is 0 Å². The average molecular weight is 407 g/mol. The molecule has 1 aromatic carbocycles. The third-order valence-electron chi connectivity index (χ3n) is 2.32. The number of hydrogen-bond acceptors (Lipinski definition) is 5. The van der Waals surface area contributed by atoms with Crippen LogP contribution in [-0.4, -0.2) is 42.9 Å². The van der Waals surface area contributed by atoms with Crippen molar-refractivity contribution in [3.63, 3.8) is 0 Å². The number of amides is 1. The van der Waals surface area contributed by atoms with Crippen molar-refractivity contribution >= 4 is 32.5 Å². The Balaban J connectivity index is 1.93. The number of benzene rings is 1. The predicted octanol–water partition coefficient (Wildman–Crippen LogP) is 1.91. The fourth-order valence-corrected chi connectivity index (χ4v) is 1.59. The Kier molecular flexibility index (Phi) is 9.75. The van der Waals surface area contributed by atoms with Crippen LogP contribution in [0.2, 0.25) is 0 Å². The second-order valence-corrected chi connectivity index (χ2v) is 5.21. The zero-order valence-corrected chi connectivity index (χ0v) is 13.7. The standard InChI is InChI=1S/C14H18INO5/c15-13(17)11-20-9-8-19-7-6-16-14(18)21-10-12-4-2-1-3-5-12/h1-5H,6-11H2,(H,16,18). The van der Waals surface area contributed by atoms with Crippen molar-refractivity contribution in [3.05, 3.63) is 35.9 Å². The van der Waals surface area contributed by atoms with E-state index in [1.807, 2.05) is 30.3 Å². The van der Waals surface area contributed by atoms with Gasteiger partial charge in [-0.3, -0.25) is 4.79 Å². The van der Waals surface area contributed by atoms with Crippen LogP contribution in [0, 0.1) is 0 Å². The van der Waals surface area contributed by atoms with Crippen molar-refractivity contribution in [1.82, 2.24) is 5.32 Å². The van der Waals surface area contributed by atoms with Crippen molar-refractivity contribution < 1.29 is 23.8 Å². The summed E-state index contributed by atoms with van der Waals surface area (Å²) in [6.45, 7) is 1.79. The normalized spacial score (nSPS) is 10.1. The van der Waals surface area contributed by atoms with Crippen LogP contribution in [-0.2, 0) is 25.6 Å². The van der Waals surface area contributed by atoms with Crippen molar-refractivity contribution in [2.24, 2.45) is 0 Å². The highest BCUT2D eigenvalue weighted by Gasteiger charge is 2.01. The number of nitrogens with one attached hydrogen (secondary N) is 1. The molecule has 1 aromatic rings. The summed E-state index contributed by atoms with van der Waals surface area (Å²) in [4.78, 5) is 22.0. The summed E-state index contributed by atoms with van der Waals surface area (Å²) >= 11 is 1.67. The highest BCUT2D eigenvalue weighted by molar-refractivity contribution is 14.1. The molecule has 0 aliphatic carbocycles. The smallest absolute Gasteiger partial charge is 0.407 e. The molecular weight excluding hydrogens is 389 g/mol. The van der Waals surface area contributed by atoms with E-state index in [4.69, 9.17) is 14.2 Å². The van der Waals surface area contributed by atoms with Gasteiger partial charge in [-0.1, -0.05) is 30.3 Å². The monoisotopic (exact) mass is 407 g/mol. The molecule has 0 heterocycles. The largest absolute Gasteiger partial charge is 0.445 e. The van der Waals surface area contributed by atoms with Gasteiger partial charge in [-0.25, -0.2) is 4.79 Å². The summed E-state index contributed by atoms with van der Waals surface area (Å²) < 4.78 is 15.2. The van der Waals surface area contributed by atoms with Gasteiger partial charge in [0.05, 0.1) is 19.8 Å². The molecule has 0 spiro atoms. The van der Waals surface area contributed by atoms with Gasteiger partial charge < -0.3 is 19.5 Å². The van der Waals surface area contributed by atoms with Crippen LogP contribution in [0.25, 0.3) is 0 Å². The molecule has 21 heavy (non-hydrogen) atoms. The molecule has 6 nitrogen and oxygen atoms in total. The molecule has 0 atom stereocenters. The lowest BCUT2D eigenvalue weighted by atomic mass is 10.2. The van der Waals surface area contributed by atoms with E-state index in [2.05, 4.69) is 5.32 Å². The Bertz CT molecular complexity index is 427. The first-order valence-electron chi connectivity index (χ1n) is 6.47. The van der Waals surface area contributed by atoms with E-state index >= 15 is 0 Å². The Hall–Kier alpha value is -1.19. The van der Waals surface area contributed by atoms with Crippen molar-refractivity contribution in [1.29, 1.82) is 0 Å². The first-order valence-corrected chi connectivity index (χ1v) is 7.54. The second-order valence-electron chi connectivity index (χ2n) is 4.01. The molecule has 0 saturated heterocycles. The number of alkyl carbamates (subject to hydrolysis) is 1. The van der Waals surface area contributed by atoms with Crippen LogP contribution in [0.1, 0.15) is 5.56 Å². The van der Waals surface area contributed by atoms with E-state index in [-0.39, 0.29) is 17.0 Å². The van der Waals surface area contributed by atoms with Crippen LogP contribution in [0.4, 0.5) is 4.79 Å². The van der Waals surface area contributed by atoms with E-state index in [1.54, 1.807) is 22.6 Å². The number of rotatable bonds is 10. The highest BCUT2D eigenvalue weighted by Crippen LogP contribution is 2.00. The molecule has 0 unspecified atom stereocenters. The zero-order chi connectivity index (χ0) is 15.3. The number of carbonyl (C=O) groups excluding carboxylic acids is 2. The molecule has 0 aliphatic heterocycles. The van der Waals surface area contributed by atoms with E-state index in [0.717, 1.165) is 5.56 Å². The molecule has 7 heteroatoms. The highest BCUT2D eigenvalue weighted by atomic mass is 127. The summed E-state index contributed by atoms with van der Waals surface area (Å²) in [6.07, 6.45) is -0.478. The first-order chi connectivity index (χ1) is 10.2. The quantitative estimate of drug-likeness (QED) is 0.365. The first kappa shape index (κ1) is 17.9. The van der Waals surface area contributed by atoms with Crippen molar-refractivity contribution in [2.75, 3.05) is 33.0 Å². The van der Waals surface area contributed by atoms with Crippen LogP contribution in [0.15, 0.2) is 30.3 Å². The molecule has 1 amide bonds. The lowest BCUT2D eigenvalue weighted by molar-refractivity contribution is -0.114. The molecular formula is C14H18INO5. The van der Waals surface area contributed by atoms with Gasteiger partial charge in [-0.05, 0) is 5.56 Å². The molecule has 1 rings (SSSR count). The van der Waals surface area contributed by atoms with Crippen LogP contribution in [0.5, 0.6) is 0 Å². The summed E-state index contributed by atoms with van der Waals surface area (Å²) in [5, 5.41) is 2.58. The van der Waals surface area contributed by atoms with Gasteiger partial charge in [-0.15, -0.1) is 0 Å². The summed E-state index contributed by atoms with van der Waals surface area (Å²) in [5.41, 5.74) is 0.936. The van der Waals surface area contributed by atoms with Gasteiger partial charge in [0, 0.05) is 29.1 Å². The molecule has 0 aromatic heterocycles. The summed E-state index contributed by atoms with van der Waals surface area (Å²) in [6, 6.07) is 9.45. The number of hydrogen-bond donors (Lipinski definition) is 1. The minimum absolute atomic E-state index is 0.0459. The number of halogens is 1. The van der Waals surface area contributed by atoms with Gasteiger partial charge in [0.15, 0.2) is 0 Å². The molecule has 0 saturated carbocycles. The van der Waals surface area contributed by atoms with E-state index in [9.17, 15) is 9.59 Å². The number of ether oxygens (including phenoxy) is 3. The SMILES string of the molecule is O=C(I)COCCOCCNC(=O)OCc1ccccc1. The predicted molar refractivity (Wildman–Crippen MR) is 85.3 cm³/mol. The molecule has 0 bridgehead atoms. The Morgan fingerprint density at radius 1 is 1.05 bits per heavy atom. The summed E-state index contributed by atoms with van der Waals surface area (Å²) in [7, 11) is 0. The minimum Gasteiger partial charge on any atom is -0.445 e. The molecule has 0 fully saturated rings. The van der Waals surface area contributed by atoms with Gasteiger partial charge >= 0.3 is 6.09 Å². The molecule has 0 radical (unpaired) electrons. The zero-order valence-electron chi connectivity index (χ0n) is 11.5. The van der Waals surface area contributed by atoms with Crippen molar-refractivity contribution in [3.8, 4) is 0 Å². The maximum Gasteiger partial charge on any atom is 0.407 e. The minimum atomic E-state index is -0.478. The van der Waals surface area contributed by atoms with Crippen LogP contribution >= 0.6 is 22.6 Å². The van der Waals surface area contributed by atoms with Crippen LogP contribution < -0.4 is 5.32 Å². The van der Waals surface area contributed by atoms with E-state index in [0.29, 0.717) is 26.4 Å². The molecule has 0 aliphatic rings. The lowest BCUT2D eigenvalue weighted by Gasteiger charge is -2.07. The second kappa shape index (κ2) is 11.5. The van der Waals surface area contributed by atoms with Gasteiger partial charge in [0.1, 0.15) is 13.2 Å². The van der Waals surface area contributed by atoms with E-state index < -0.39 is 6.09 Å². The maximum atomic E-state index is 11.4. The van der Waals surface area contributed by atoms with Crippen molar-refractivity contribution in [2.45, 2.75) is 6.61 Å².